The molecule has 0 bridgehead atoms. The fourth-order valence-electron chi connectivity index (χ4n) is 1.24. The summed E-state index contributed by atoms with van der Waals surface area (Å²) in [6.45, 7) is 0. The molecule has 1 nitrogen and oxygen atoms in total. The Balaban J connectivity index is 0.000000605. The Morgan fingerprint density at radius 3 is 3.09 bits per heavy atom. The molecule has 0 saturated heterocycles. The molecular weight excluding hydrogens is 158 g/mol. The highest BCUT2D eigenvalue weighted by Gasteiger charge is 2.02. The highest BCUT2D eigenvalue weighted by molar-refractivity contribution is 5.85. The summed E-state index contributed by atoms with van der Waals surface area (Å²) in [5.74, 6) is 0. The smallest absolute Gasteiger partial charge is 0.0478 e. The van der Waals surface area contributed by atoms with Gasteiger partial charge in [-0.25, -0.2) is 0 Å². The van der Waals surface area contributed by atoms with Crippen LogP contribution in [0.4, 0.5) is 0 Å². The molecule has 1 aliphatic carbocycles. The van der Waals surface area contributed by atoms with Crippen molar-refractivity contribution in [2.45, 2.75) is 12.8 Å². The van der Waals surface area contributed by atoms with Crippen molar-refractivity contribution >= 4 is 18.5 Å². The van der Waals surface area contributed by atoms with Crippen LogP contribution in [0, 0.1) is 0 Å². The van der Waals surface area contributed by atoms with Gasteiger partial charge in [0.25, 0.3) is 0 Å². The number of allylic oxidation sites excluding steroid dienone is 1. The van der Waals surface area contributed by atoms with E-state index in [4.69, 9.17) is 0 Å². The average Bonchev–Trinajstić information content (AvgIpc) is 2.05. The molecule has 0 saturated carbocycles. The summed E-state index contributed by atoms with van der Waals surface area (Å²) < 4.78 is 0. The van der Waals surface area contributed by atoms with Crippen LogP contribution in [0.15, 0.2) is 24.4 Å². The first-order valence-electron chi connectivity index (χ1n) is 3.57. The SMILES string of the molecule is C1=Cc2cccnc2CC1.Cl. The van der Waals surface area contributed by atoms with Crippen LogP contribution in [-0.4, -0.2) is 4.98 Å². The summed E-state index contributed by atoms with van der Waals surface area (Å²) in [5, 5.41) is 0. The van der Waals surface area contributed by atoms with Crippen LogP contribution < -0.4 is 0 Å². The van der Waals surface area contributed by atoms with Crippen LogP contribution in [0.5, 0.6) is 0 Å². The molecule has 1 heterocycles. The Labute approximate surface area is 72.6 Å². The van der Waals surface area contributed by atoms with Gasteiger partial charge >= 0.3 is 0 Å². The number of fused-ring (bicyclic) bond motifs is 1. The molecule has 1 aromatic heterocycles. The van der Waals surface area contributed by atoms with E-state index in [9.17, 15) is 0 Å². The van der Waals surface area contributed by atoms with Gasteiger partial charge in [0.05, 0.1) is 0 Å². The van der Waals surface area contributed by atoms with E-state index in [1.165, 1.54) is 11.3 Å². The third-order valence-electron chi connectivity index (χ3n) is 1.77. The average molecular weight is 168 g/mol. The molecule has 0 radical (unpaired) electrons. The molecule has 1 aromatic rings. The molecule has 0 fully saturated rings. The summed E-state index contributed by atoms with van der Waals surface area (Å²) in [6, 6.07) is 4.09. The number of rotatable bonds is 0. The molecule has 0 N–H and O–H groups in total. The number of aryl methyl sites for hydroxylation is 1. The lowest BCUT2D eigenvalue weighted by molar-refractivity contribution is 0.927. The van der Waals surface area contributed by atoms with E-state index >= 15 is 0 Å². The Bertz CT molecular complexity index is 268. The molecule has 0 unspecified atom stereocenters. The number of pyridine rings is 1. The highest BCUT2D eigenvalue weighted by atomic mass is 35.5. The highest BCUT2D eigenvalue weighted by Crippen LogP contribution is 2.15. The lowest BCUT2D eigenvalue weighted by atomic mass is 10.0. The molecule has 0 atom stereocenters. The quantitative estimate of drug-likeness (QED) is 0.579. The largest absolute Gasteiger partial charge is 0.261 e. The van der Waals surface area contributed by atoms with Gasteiger partial charge in [-0.1, -0.05) is 18.2 Å². The second-order valence-electron chi connectivity index (χ2n) is 2.48. The van der Waals surface area contributed by atoms with E-state index in [1.54, 1.807) is 0 Å². The Kier molecular flexibility index (Phi) is 2.66. The molecule has 0 aromatic carbocycles. The molecule has 2 rings (SSSR count). The summed E-state index contributed by atoms with van der Waals surface area (Å²) in [4.78, 5) is 4.27. The van der Waals surface area contributed by atoms with E-state index in [2.05, 4.69) is 23.2 Å². The van der Waals surface area contributed by atoms with Crippen molar-refractivity contribution in [1.82, 2.24) is 4.98 Å². The van der Waals surface area contributed by atoms with Gasteiger partial charge in [0.15, 0.2) is 0 Å². The van der Waals surface area contributed by atoms with Crippen molar-refractivity contribution in [2.24, 2.45) is 0 Å². The van der Waals surface area contributed by atoms with Crippen molar-refractivity contribution in [3.05, 3.63) is 35.7 Å². The lowest BCUT2D eigenvalue weighted by Crippen LogP contribution is -1.95. The zero-order chi connectivity index (χ0) is 6.81. The summed E-state index contributed by atoms with van der Waals surface area (Å²) in [6.07, 6.45) is 8.45. The molecule has 0 aliphatic heterocycles. The molecule has 0 amide bonds. The number of hydrogen-bond acceptors (Lipinski definition) is 1. The minimum atomic E-state index is 0. The van der Waals surface area contributed by atoms with Crippen LogP contribution in [0.25, 0.3) is 6.08 Å². The third-order valence-corrected chi connectivity index (χ3v) is 1.77. The zero-order valence-electron chi connectivity index (χ0n) is 6.16. The Hall–Kier alpha value is -0.820. The molecule has 2 heteroatoms. The van der Waals surface area contributed by atoms with Gasteiger partial charge in [0.1, 0.15) is 0 Å². The first kappa shape index (κ1) is 8.28. The maximum atomic E-state index is 4.27. The van der Waals surface area contributed by atoms with Gasteiger partial charge in [0.2, 0.25) is 0 Å². The van der Waals surface area contributed by atoms with Crippen molar-refractivity contribution < 1.29 is 0 Å². The molecule has 11 heavy (non-hydrogen) atoms. The standard InChI is InChI=1S/C9H9N.ClH/c1-2-6-9-8(4-1)5-3-7-10-9;/h1,3-5,7H,2,6H2;1H. The van der Waals surface area contributed by atoms with Gasteiger partial charge in [-0.3, -0.25) is 4.98 Å². The summed E-state index contributed by atoms with van der Waals surface area (Å²) in [7, 11) is 0. The van der Waals surface area contributed by atoms with E-state index in [0.717, 1.165) is 12.8 Å². The minimum Gasteiger partial charge on any atom is -0.261 e. The Morgan fingerprint density at radius 2 is 2.27 bits per heavy atom. The first-order chi connectivity index (χ1) is 4.97. The van der Waals surface area contributed by atoms with E-state index < -0.39 is 0 Å². The van der Waals surface area contributed by atoms with Crippen LogP contribution in [0.1, 0.15) is 17.7 Å². The number of aromatic nitrogens is 1. The predicted octanol–water partition coefficient (Wildman–Crippen LogP) is 2.46. The van der Waals surface area contributed by atoms with E-state index in [-0.39, 0.29) is 12.4 Å². The maximum Gasteiger partial charge on any atom is 0.0478 e. The second kappa shape index (κ2) is 3.54. The monoisotopic (exact) mass is 167 g/mol. The van der Waals surface area contributed by atoms with Crippen LogP contribution in [0.3, 0.4) is 0 Å². The summed E-state index contributed by atoms with van der Waals surface area (Å²) in [5.41, 5.74) is 2.53. The lowest BCUT2D eigenvalue weighted by Gasteiger charge is -2.06. The molecular formula is C9H10ClN. The fourth-order valence-corrected chi connectivity index (χ4v) is 1.24. The molecule has 0 spiro atoms. The topological polar surface area (TPSA) is 12.9 Å². The van der Waals surface area contributed by atoms with E-state index in [0.29, 0.717) is 0 Å². The first-order valence-corrected chi connectivity index (χ1v) is 3.57. The Morgan fingerprint density at radius 1 is 1.36 bits per heavy atom. The minimum absolute atomic E-state index is 0. The van der Waals surface area contributed by atoms with Crippen molar-refractivity contribution in [2.75, 3.05) is 0 Å². The normalized spacial score (nSPS) is 13.5. The third kappa shape index (κ3) is 1.60. The van der Waals surface area contributed by atoms with Gasteiger partial charge in [-0.05, 0) is 24.5 Å². The van der Waals surface area contributed by atoms with Gasteiger partial charge in [0, 0.05) is 11.9 Å². The van der Waals surface area contributed by atoms with Crippen LogP contribution >= 0.6 is 12.4 Å². The van der Waals surface area contributed by atoms with Gasteiger partial charge in [-0.15, -0.1) is 12.4 Å². The van der Waals surface area contributed by atoms with Crippen LogP contribution in [-0.2, 0) is 6.42 Å². The predicted molar refractivity (Wildman–Crippen MR) is 48.8 cm³/mol. The van der Waals surface area contributed by atoms with Crippen molar-refractivity contribution in [3.63, 3.8) is 0 Å². The number of halogens is 1. The van der Waals surface area contributed by atoms with Gasteiger partial charge < -0.3 is 0 Å². The van der Waals surface area contributed by atoms with Gasteiger partial charge in [-0.2, -0.15) is 0 Å². The second-order valence-corrected chi connectivity index (χ2v) is 2.48. The van der Waals surface area contributed by atoms with Crippen molar-refractivity contribution in [3.8, 4) is 0 Å². The van der Waals surface area contributed by atoms with Crippen molar-refractivity contribution in [1.29, 1.82) is 0 Å². The van der Waals surface area contributed by atoms with E-state index in [1.807, 2.05) is 12.3 Å². The summed E-state index contributed by atoms with van der Waals surface area (Å²) >= 11 is 0. The molecule has 1 aliphatic rings. The zero-order valence-corrected chi connectivity index (χ0v) is 6.97. The van der Waals surface area contributed by atoms with Crippen LogP contribution in [0.2, 0.25) is 0 Å². The number of nitrogens with zero attached hydrogens (tertiary/aromatic N) is 1. The maximum absolute atomic E-state index is 4.27. The number of hydrogen-bond donors (Lipinski definition) is 0. The molecule has 58 valence electrons. The fraction of sp³-hybridized carbons (Fsp3) is 0.222.